The molecule has 0 saturated heterocycles. The molecule has 3 aromatic carbocycles. The Morgan fingerprint density at radius 1 is 0.970 bits per heavy atom. The molecule has 0 amide bonds. The van der Waals surface area contributed by atoms with Crippen LogP contribution in [0.25, 0.3) is 21.9 Å². The molecule has 1 heterocycles. The van der Waals surface area contributed by atoms with Crippen molar-refractivity contribution in [3.8, 4) is 11.5 Å². The molecule has 1 unspecified atom stereocenters. The fraction of sp³-hybridized carbons (Fsp3) is 0.208. The molecular weight excluding hydrogens is 461 g/mol. The molecule has 0 bridgehead atoms. The molecule has 0 aliphatic heterocycles. The monoisotopic (exact) mass is 478 g/mol. The molecule has 0 aliphatic carbocycles. The highest BCUT2D eigenvalue weighted by Gasteiger charge is 2.31. The van der Waals surface area contributed by atoms with Crippen LogP contribution in [0, 0.1) is 0 Å². The maximum Gasteiger partial charge on any atom is 0.416 e. The Bertz CT molecular complexity index is 1300. The van der Waals surface area contributed by atoms with Crippen LogP contribution in [-0.2, 0) is 15.7 Å². The van der Waals surface area contributed by atoms with Crippen LogP contribution < -0.4 is 9.47 Å². The topological polar surface area (TPSA) is 57.9 Å². The maximum atomic E-state index is 12.9. The van der Waals surface area contributed by atoms with E-state index in [9.17, 15) is 18.0 Å². The summed E-state index contributed by atoms with van der Waals surface area (Å²) in [5, 5.41) is 1.73. The van der Waals surface area contributed by atoms with Crippen LogP contribution in [0.15, 0.2) is 65.1 Å². The third kappa shape index (κ3) is 5.34. The van der Waals surface area contributed by atoms with Gasteiger partial charge in [0.2, 0.25) is 0 Å². The zero-order valence-electron chi connectivity index (χ0n) is 17.3. The summed E-state index contributed by atoms with van der Waals surface area (Å²) in [7, 11) is 0. The predicted octanol–water partition coefficient (Wildman–Crippen LogP) is 6.65. The fourth-order valence-electron chi connectivity index (χ4n) is 3.24. The van der Waals surface area contributed by atoms with Gasteiger partial charge in [-0.3, -0.25) is 0 Å². The number of carbonyl (C=O) groups excluding carboxylic acids is 1. The minimum atomic E-state index is -4.46. The van der Waals surface area contributed by atoms with Gasteiger partial charge in [0.25, 0.3) is 0 Å². The molecule has 5 nitrogen and oxygen atoms in total. The number of esters is 1. The van der Waals surface area contributed by atoms with Gasteiger partial charge in [-0.15, -0.1) is 0 Å². The standard InChI is InChI=1S/C24H18ClF3O5/c1-14(23(29)31-10-9-30-17-4-2-3-16(25)12-17)32-18-6-8-20-19-7-5-15(24(26,27)28)11-21(19)33-22(20)13-18/h2-8,11-14H,9-10H2,1H3. The molecule has 33 heavy (non-hydrogen) atoms. The van der Waals surface area contributed by atoms with Crippen molar-refractivity contribution in [2.75, 3.05) is 13.2 Å². The van der Waals surface area contributed by atoms with Crippen LogP contribution >= 0.6 is 11.6 Å². The normalized spacial score (nSPS) is 12.6. The first-order valence-corrected chi connectivity index (χ1v) is 10.3. The van der Waals surface area contributed by atoms with Crippen molar-refractivity contribution in [1.29, 1.82) is 0 Å². The van der Waals surface area contributed by atoms with Gasteiger partial charge in [-0.1, -0.05) is 17.7 Å². The van der Waals surface area contributed by atoms with E-state index >= 15 is 0 Å². The van der Waals surface area contributed by atoms with Crippen LogP contribution in [-0.4, -0.2) is 25.3 Å². The lowest BCUT2D eigenvalue weighted by Gasteiger charge is -2.14. The lowest BCUT2D eigenvalue weighted by molar-refractivity contribution is -0.151. The second-order valence-corrected chi connectivity index (χ2v) is 7.64. The van der Waals surface area contributed by atoms with Crippen molar-refractivity contribution in [2.45, 2.75) is 19.2 Å². The lowest BCUT2D eigenvalue weighted by atomic mass is 10.1. The van der Waals surface area contributed by atoms with Crippen molar-refractivity contribution >= 4 is 39.5 Å². The fourth-order valence-corrected chi connectivity index (χ4v) is 3.42. The molecule has 4 rings (SSSR count). The third-order valence-corrected chi connectivity index (χ3v) is 5.04. The SMILES string of the molecule is CC(Oc1ccc2c(c1)oc1cc(C(F)(F)F)ccc12)C(=O)OCCOc1cccc(Cl)c1. The van der Waals surface area contributed by atoms with Crippen molar-refractivity contribution in [1.82, 2.24) is 0 Å². The van der Waals surface area contributed by atoms with Crippen LogP contribution in [0.2, 0.25) is 5.02 Å². The molecule has 1 atom stereocenters. The molecule has 4 aromatic rings. The van der Waals surface area contributed by atoms with Gasteiger partial charge in [-0.05, 0) is 55.5 Å². The number of fused-ring (bicyclic) bond motifs is 3. The largest absolute Gasteiger partial charge is 0.490 e. The molecule has 0 fully saturated rings. The average molecular weight is 479 g/mol. The van der Waals surface area contributed by atoms with E-state index in [4.69, 9.17) is 30.2 Å². The number of rotatable bonds is 7. The van der Waals surface area contributed by atoms with Crippen molar-refractivity contribution < 1.29 is 36.6 Å². The van der Waals surface area contributed by atoms with Gasteiger partial charge in [-0.2, -0.15) is 13.2 Å². The van der Waals surface area contributed by atoms with Crippen molar-refractivity contribution in [3.05, 3.63) is 71.2 Å². The van der Waals surface area contributed by atoms with E-state index < -0.39 is 23.8 Å². The van der Waals surface area contributed by atoms with Gasteiger partial charge >= 0.3 is 12.1 Å². The van der Waals surface area contributed by atoms with Gasteiger partial charge in [0.15, 0.2) is 6.10 Å². The summed E-state index contributed by atoms with van der Waals surface area (Å²) in [4.78, 5) is 12.2. The molecule has 0 spiro atoms. The summed E-state index contributed by atoms with van der Waals surface area (Å²) in [6.07, 6.45) is -5.38. The van der Waals surface area contributed by atoms with Gasteiger partial charge in [0.05, 0.1) is 5.56 Å². The quantitative estimate of drug-likeness (QED) is 0.220. The second-order valence-electron chi connectivity index (χ2n) is 7.20. The van der Waals surface area contributed by atoms with E-state index in [0.717, 1.165) is 12.1 Å². The van der Waals surface area contributed by atoms with Crippen molar-refractivity contribution in [2.24, 2.45) is 0 Å². The first-order valence-electron chi connectivity index (χ1n) is 9.96. The summed E-state index contributed by atoms with van der Waals surface area (Å²) in [5.41, 5.74) is -0.331. The molecule has 1 aromatic heterocycles. The Balaban J connectivity index is 1.37. The van der Waals surface area contributed by atoms with E-state index in [1.807, 2.05) is 0 Å². The van der Waals surface area contributed by atoms with Crippen molar-refractivity contribution in [3.63, 3.8) is 0 Å². The molecular formula is C24H18ClF3O5. The van der Waals surface area contributed by atoms with E-state index in [0.29, 0.717) is 32.9 Å². The molecule has 9 heteroatoms. The molecule has 0 N–H and O–H groups in total. The van der Waals surface area contributed by atoms with Crippen LogP contribution in [0.3, 0.4) is 0 Å². The number of furan rings is 1. The van der Waals surface area contributed by atoms with Crippen LogP contribution in [0.5, 0.6) is 11.5 Å². The summed E-state index contributed by atoms with van der Waals surface area (Å²) in [6, 6.07) is 15.0. The minimum Gasteiger partial charge on any atom is -0.490 e. The van der Waals surface area contributed by atoms with E-state index in [-0.39, 0.29) is 18.8 Å². The Kier molecular flexibility index (Phi) is 6.37. The Labute approximate surface area is 191 Å². The van der Waals surface area contributed by atoms with E-state index in [1.54, 1.807) is 36.4 Å². The summed E-state index contributed by atoms with van der Waals surface area (Å²) >= 11 is 5.88. The number of carbonyl (C=O) groups is 1. The summed E-state index contributed by atoms with van der Waals surface area (Å²) in [5.74, 6) is 0.283. The molecule has 172 valence electrons. The highest BCUT2D eigenvalue weighted by molar-refractivity contribution is 6.30. The highest BCUT2D eigenvalue weighted by atomic mass is 35.5. The zero-order valence-corrected chi connectivity index (χ0v) is 18.1. The smallest absolute Gasteiger partial charge is 0.416 e. The van der Waals surface area contributed by atoms with Crippen LogP contribution in [0.4, 0.5) is 13.2 Å². The minimum absolute atomic E-state index is 0.0171. The Hall–Kier alpha value is -3.39. The molecule has 0 aliphatic rings. The lowest BCUT2D eigenvalue weighted by Crippen LogP contribution is -2.27. The van der Waals surface area contributed by atoms with Gasteiger partial charge in [0, 0.05) is 21.9 Å². The Morgan fingerprint density at radius 2 is 1.70 bits per heavy atom. The second kappa shape index (κ2) is 9.23. The number of alkyl halides is 3. The van der Waals surface area contributed by atoms with Gasteiger partial charge < -0.3 is 18.6 Å². The predicted molar refractivity (Wildman–Crippen MR) is 117 cm³/mol. The first kappa shape index (κ1) is 22.8. The molecule has 0 saturated carbocycles. The number of hydrogen-bond donors (Lipinski definition) is 0. The van der Waals surface area contributed by atoms with Gasteiger partial charge in [-0.25, -0.2) is 4.79 Å². The number of ether oxygens (including phenoxy) is 3. The number of benzene rings is 3. The van der Waals surface area contributed by atoms with E-state index in [2.05, 4.69) is 0 Å². The summed E-state index contributed by atoms with van der Waals surface area (Å²) in [6.45, 7) is 1.69. The maximum absolute atomic E-state index is 12.9. The highest BCUT2D eigenvalue weighted by Crippen LogP contribution is 2.36. The molecule has 0 radical (unpaired) electrons. The average Bonchev–Trinajstić information content (AvgIpc) is 3.13. The number of halogens is 4. The Morgan fingerprint density at radius 3 is 2.42 bits per heavy atom. The zero-order chi connectivity index (χ0) is 23.6. The summed E-state index contributed by atoms with van der Waals surface area (Å²) < 4.78 is 60.7. The number of hydrogen-bond acceptors (Lipinski definition) is 5. The van der Waals surface area contributed by atoms with E-state index in [1.165, 1.54) is 19.1 Å². The van der Waals surface area contributed by atoms with Crippen LogP contribution in [0.1, 0.15) is 12.5 Å². The van der Waals surface area contributed by atoms with Gasteiger partial charge in [0.1, 0.15) is 35.9 Å². The third-order valence-electron chi connectivity index (χ3n) is 4.81. The first-order chi connectivity index (χ1) is 15.7.